The predicted molar refractivity (Wildman–Crippen MR) is 64.4 cm³/mol. The summed E-state index contributed by atoms with van der Waals surface area (Å²) < 4.78 is 18.6. The molecule has 0 N–H and O–H groups in total. The molecule has 1 nitrogen and oxygen atoms in total. The van der Waals surface area contributed by atoms with Crippen molar-refractivity contribution >= 4 is 15.9 Å². The maximum absolute atomic E-state index is 13.1. The number of hydrogen-bond acceptors (Lipinski definition) is 1. The van der Waals surface area contributed by atoms with Crippen molar-refractivity contribution in [3.63, 3.8) is 0 Å². The van der Waals surface area contributed by atoms with E-state index in [1.54, 1.807) is 12.1 Å². The molecule has 15 heavy (non-hydrogen) atoms. The lowest BCUT2D eigenvalue weighted by Crippen LogP contribution is -2.01. The number of ether oxygens (including phenoxy) is 1. The summed E-state index contributed by atoms with van der Waals surface area (Å²) >= 11 is 3.39. The molecule has 0 aliphatic heterocycles. The zero-order valence-corrected chi connectivity index (χ0v) is 10.7. The van der Waals surface area contributed by atoms with Crippen LogP contribution in [0.5, 0.6) is 5.75 Å². The summed E-state index contributed by atoms with van der Waals surface area (Å²) in [6.07, 6.45) is 0.976. The van der Waals surface area contributed by atoms with Gasteiger partial charge in [0.05, 0.1) is 6.61 Å². The SMILES string of the molecule is CCOc1ccc(F)cc1C(C)CCBr. The van der Waals surface area contributed by atoms with Gasteiger partial charge in [0.25, 0.3) is 0 Å². The lowest BCUT2D eigenvalue weighted by atomic mass is 9.97. The van der Waals surface area contributed by atoms with Gasteiger partial charge in [-0.1, -0.05) is 22.9 Å². The minimum absolute atomic E-state index is 0.199. The van der Waals surface area contributed by atoms with Gasteiger partial charge in [-0.2, -0.15) is 0 Å². The molecular weight excluding hydrogens is 259 g/mol. The van der Waals surface area contributed by atoms with Crippen LogP contribution in [-0.4, -0.2) is 11.9 Å². The van der Waals surface area contributed by atoms with Crippen LogP contribution in [0.4, 0.5) is 4.39 Å². The molecule has 0 aromatic heterocycles. The standard InChI is InChI=1S/C12H16BrFO/c1-3-15-12-5-4-10(14)8-11(12)9(2)6-7-13/h4-5,8-9H,3,6-7H2,1-2H3. The molecule has 0 aliphatic carbocycles. The van der Waals surface area contributed by atoms with Crippen molar-refractivity contribution < 1.29 is 9.13 Å². The van der Waals surface area contributed by atoms with Gasteiger partial charge in [0.1, 0.15) is 11.6 Å². The van der Waals surface area contributed by atoms with Gasteiger partial charge in [-0.15, -0.1) is 0 Å². The van der Waals surface area contributed by atoms with Crippen molar-refractivity contribution in [2.24, 2.45) is 0 Å². The van der Waals surface area contributed by atoms with Crippen LogP contribution >= 0.6 is 15.9 Å². The second-order valence-electron chi connectivity index (χ2n) is 3.49. The molecule has 84 valence electrons. The van der Waals surface area contributed by atoms with E-state index in [-0.39, 0.29) is 5.82 Å². The van der Waals surface area contributed by atoms with E-state index in [9.17, 15) is 4.39 Å². The summed E-state index contributed by atoms with van der Waals surface area (Å²) in [5.41, 5.74) is 0.955. The summed E-state index contributed by atoms with van der Waals surface area (Å²) in [7, 11) is 0. The first kappa shape index (κ1) is 12.5. The Morgan fingerprint density at radius 3 is 2.80 bits per heavy atom. The van der Waals surface area contributed by atoms with Gasteiger partial charge in [0, 0.05) is 5.33 Å². The highest BCUT2D eigenvalue weighted by Crippen LogP contribution is 2.30. The summed E-state index contributed by atoms with van der Waals surface area (Å²) in [6, 6.07) is 4.71. The van der Waals surface area contributed by atoms with Gasteiger partial charge in [-0.25, -0.2) is 4.39 Å². The van der Waals surface area contributed by atoms with Crippen LogP contribution in [0, 0.1) is 5.82 Å². The van der Waals surface area contributed by atoms with Crippen LogP contribution < -0.4 is 4.74 Å². The maximum Gasteiger partial charge on any atom is 0.123 e. The molecule has 1 aromatic carbocycles. The Kier molecular flexibility index (Phi) is 5.09. The van der Waals surface area contributed by atoms with E-state index in [0.717, 1.165) is 23.1 Å². The first-order valence-electron chi connectivity index (χ1n) is 5.17. The smallest absolute Gasteiger partial charge is 0.123 e. The van der Waals surface area contributed by atoms with E-state index in [1.807, 2.05) is 6.92 Å². The fraction of sp³-hybridized carbons (Fsp3) is 0.500. The van der Waals surface area contributed by atoms with E-state index in [4.69, 9.17) is 4.74 Å². The molecule has 0 aliphatic rings. The van der Waals surface area contributed by atoms with Crippen molar-refractivity contribution in [2.45, 2.75) is 26.2 Å². The van der Waals surface area contributed by atoms with Crippen LogP contribution in [0.3, 0.4) is 0 Å². The third kappa shape index (κ3) is 3.49. The third-order valence-corrected chi connectivity index (χ3v) is 2.80. The Bertz CT molecular complexity index is 314. The largest absolute Gasteiger partial charge is 0.494 e. The average Bonchev–Trinajstić information content (AvgIpc) is 2.21. The Hall–Kier alpha value is -0.570. The summed E-state index contributed by atoms with van der Waals surface area (Å²) in [6.45, 7) is 4.63. The molecule has 0 fully saturated rings. The van der Waals surface area contributed by atoms with Crippen LogP contribution in [0.1, 0.15) is 31.7 Å². The predicted octanol–water partition coefficient (Wildman–Crippen LogP) is 4.11. The molecule has 1 atom stereocenters. The molecule has 1 aromatic rings. The highest BCUT2D eigenvalue weighted by atomic mass is 79.9. The quantitative estimate of drug-likeness (QED) is 0.735. The highest BCUT2D eigenvalue weighted by molar-refractivity contribution is 9.09. The molecule has 0 heterocycles. The van der Waals surface area contributed by atoms with Gasteiger partial charge in [-0.3, -0.25) is 0 Å². The Morgan fingerprint density at radius 2 is 2.20 bits per heavy atom. The zero-order valence-electron chi connectivity index (χ0n) is 9.09. The van der Waals surface area contributed by atoms with Gasteiger partial charge in [0.2, 0.25) is 0 Å². The summed E-state index contributed by atoms with van der Waals surface area (Å²) in [5, 5.41) is 0.913. The minimum Gasteiger partial charge on any atom is -0.494 e. The minimum atomic E-state index is -0.199. The van der Waals surface area contributed by atoms with Crippen molar-refractivity contribution in [2.75, 3.05) is 11.9 Å². The monoisotopic (exact) mass is 274 g/mol. The molecule has 0 saturated carbocycles. The van der Waals surface area contributed by atoms with Crippen LogP contribution in [0.2, 0.25) is 0 Å². The van der Waals surface area contributed by atoms with Crippen LogP contribution in [0.25, 0.3) is 0 Å². The van der Waals surface area contributed by atoms with Gasteiger partial charge >= 0.3 is 0 Å². The van der Waals surface area contributed by atoms with E-state index < -0.39 is 0 Å². The lowest BCUT2D eigenvalue weighted by molar-refractivity contribution is 0.333. The summed E-state index contributed by atoms with van der Waals surface area (Å²) in [5.74, 6) is 0.906. The van der Waals surface area contributed by atoms with E-state index >= 15 is 0 Å². The number of halogens is 2. The van der Waals surface area contributed by atoms with Gasteiger partial charge < -0.3 is 4.74 Å². The van der Waals surface area contributed by atoms with Crippen LogP contribution in [0.15, 0.2) is 18.2 Å². The van der Waals surface area contributed by atoms with Crippen molar-refractivity contribution in [1.29, 1.82) is 0 Å². The van der Waals surface area contributed by atoms with Crippen molar-refractivity contribution in [3.8, 4) is 5.75 Å². The average molecular weight is 275 g/mol. The molecule has 0 amide bonds. The van der Waals surface area contributed by atoms with Crippen molar-refractivity contribution in [3.05, 3.63) is 29.6 Å². The first-order chi connectivity index (χ1) is 7.19. The summed E-state index contributed by atoms with van der Waals surface area (Å²) in [4.78, 5) is 0. The molecule has 1 rings (SSSR count). The van der Waals surface area contributed by atoms with Gasteiger partial charge in [0.15, 0.2) is 0 Å². The maximum atomic E-state index is 13.1. The second kappa shape index (κ2) is 6.11. The van der Waals surface area contributed by atoms with Crippen LogP contribution in [-0.2, 0) is 0 Å². The lowest BCUT2D eigenvalue weighted by Gasteiger charge is -2.15. The topological polar surface area (TPSA) is 9.23 Å². The zero-order chi connectivity index (χ0) is 11.3. The number of hydrogen-bond donors (Lipinski definition) is 0. The van der Waals surface area contributed by atoms with E-state index in [1.165, 1.54) is 6.07 Å². The van der Waals surface area contributed by atoms with E-state index in [0.29, 0.717) is 12.5 Å². The Morgan fingerprint density at radius 1 is 1.47 bits per heavy atom. The fourth-order valence-corrected chi connectivity index (χ4v) is 2.20. The number of benzene rings is 1. The molecular formula is C12H16BrFO. The molecule has 0 spiro atoms. The molecule has 0 radical (unpaired) electrons. The second-order valence-corrected chi connectivity index (χ2v) is 4.29. The molecule has 0 bridgehead atoms. The normalized spacial score (nSPS) is 12.5. The van der Waals surface area contributed by atoms with Crippen molar-refractivity contribution in [1.82, 2.24) is 0 Å². The Balaban J connectivity index is 2.95. The number of alkyl halides is 1. The molecule has 3 heteroatoms. The third-order valence-electron chi connectivity index (χ3n) is 2.34. The number of rotatable bonds is 5. The Labute approximate surface area is 98.8 Å². The molecule has 1 unspecified atom stereocenters. The van der Waals surface area contributed by atoms with E-state index in [2.05, 4.69) is 22.9 Å². The van der Waals surface area contributed by atoms with Gasteiger partial charge in [-0.05, 0) is 43.0 Å². The fourth-order valence-electron chi connectivity index (χ4n) is 1.51. The first-order valence-corrected chi connectivity index (χ1v) is 6.29. The highest BCUT2D eigenvalue weighted by Gasteiger charge is 2.12. The molecule has 0 saturated heterocycles.